The number of carbonyl (C=O) groups is 1. The average Bonchev–Trinajstić information content (AvgIpc) is 3.23. The van der Waals surface area contributed by atoms with Crippen LogP contribution in [-0.2, 0) is 4.79 Å². The molecule has 4 nitrogen and oxygen atoms in total. The molecule has 0 aromatic heterocycles. The number of rotatable bonds is 7. The monoisotopic (exact) mass is 282 g/mol. The van der Waals surface area contributed by atoms with Crippen LogP contribution in [0.5, 0.6) is 0 Å². The van der Waals surface area contributed by atoms with E-state index in [9.17, 15) is 9.90 Å². The summed E-state index contributed by atoms with van der Waals surface area (Å²) in [5, 5.41) is 13.2. The third-order valence-electron chi connectivity index (χ3n) is 5.05. The van der Waals surface area contributed by atoms with Crippen molar-refractivity contribution in [2.24, 2.45) is 11.8 Å². The van der Waals surface area contributed by atoms with Crippen LogP contribution in [-0.4, -0.2) is 47.2 Å². The number of hydrogen-bond acceptors (Lipinski definition) is 3. The number of likely N-dealkylation sites (tertiary alicyclic amines) is 1. The molecule has 1 aliphatic heterocycles. The van der Waals surface area contributed by atoms with E-state index in [1.54, 1.807) is 0 Å². The summed E-state index contributed by atoms with van der Waals surface area (Å²) in [5.41, 5.74) is -0.721. The average molecular weight is 282 g/mol. The van der Waals surface area contributed by atoms with Gasteiger partial charge in [0.15, 0.2) is 0 Å². The molecule has 1 aliphatic carbocycles. The van der Waals surface area contributed by atoms with Crippen molar-refractivity contribution in [2.75, 3.05) is 19.6 Å². The van der Waals surface area contributed by atoms with Gasteiger partial charge in [-0.15, -0.1) is 0 Å². The lowest BCUT2D eigenvalue weighted by Gasteiger charge is -2.43. The Morgan fingerprint density at radius 3 is 2.55 bits per heavy atom. The number of aliphatic carboxylic acids is 1. The van der Waals surface area contributed by atoms with Gasteiger partial charge in [-0.2, -0.15) is 0 Å². The van der Waals surface area contributed by atoms with E-state index in [1.165, 1.54) is 12.8 Å². The summed E-state index contributed by atoms with van der Waals surface area (Å²) >= 11 is 0. The fourth-order valence-electron chi connectivity index (χ4n) is 3.49. The van der Waals surface area contributed by atoms with E-state index >= 15 is 0 Å². The van der Waals surface area contributed by atoms with E-state index in [2.05, 4.69) is 31.0 Å². The molecule has 2 fully saturated rings. The second-order valence-corrected chi connectivity index (χ2v) is 6.94. The molecule has 2 rings (SSSR count). The van der Waals surface area contributed by atoms with E-state index in [4.69, 9.17) is 0 Å². The molecule has 3 unspecified atom stereocenters. The van der Waals surface area contributed by atoms with Gasteiger partial charge in [0, 0.05) is 19.1 Å². The summed E-state index contributed by atoms with van der Waals surface area (Å²) in [4.78, 5) is 14.4. The summed E-state index contributed by atoms with van der Waals surface area (Å²) < 4.78 is 0. The van der Waals surface area contributed by atoms with Crippen molar-refractivity contribution in [3.8, 4) is 0 Å². The van der Waals surface area contributed by atoms with Gasteiger partial charge in [0.05, 0.1) is 0 Å². The van der Waals surface area contributed by atoms with Gasteiger partial charge in [0.25, 0.3) is 0 Å². The van der Waals surface area contributed by atoms with E-state index in [0.717, 1.165) is 32.4 Å². The smallest absolute Gasteiger partial charge is 0.325 e. The predicted octanol–water partition coefficient (Wildman–Crippen LogP) is 2.34. The zero-order chi connectivity index (χ0) is 14.8. The first-order valence-corrected chi connectivity index (χ1v) is 8.22. The topological polar surface area (TPSA) is 52.6 Å². The molecule has 116 valence electrons. The fraction of sp³-hybridized carbons (Fsp3) is 0.938. The largest absolute Gasteiger partial charge is 0.480 e. The highest BCUT2D eigenvalue weighted by Gasteiger charge is 2.52. The van der Waals surface area contributed by atoms with Gasteiger partial charge in [0.2, 0.25) is 0 Å². The summed E-state index contributed by atoms with van der Waals surface area (Å²) in [6.07, 6.45) is 5.55. The molecule has 0 aromatic rings. The summed E-state index contributed by atoms with van der Waals surface area (Å²) in [5.74, 6) is 0.345. The van der Waals surface area contributed by atoms with Crippen molar-refractivity contribution in [3.63, 3.8) is 0 Å². The quantitative estimate of drug-likeness (QED) is 0.752. The number of hydrogen-bond donors (Lipinski definition) is 2. The minimum Gasteiger partial charge on any atom is -0.480 e. The van der Waals surface area contributed by atoms with Gasteiger partial charge < -0.3 is 10.4 Å². The Labute approximate surface area is 122 Å². The minimum atomic E-state index is -0.721. The molecule has 0 aromatic carbocycles. The molecular weight excluding hydrogens is 252 g/mol. The van der Waals surface area contributed by atoms with Crippen molar-refractivity contribution in [1.29, 1.82) is 0 Å². The minimum absolute atomic E-state index is 0.316. The number of nitrogens with zero attached hydrogens (tertiary/aromatic N) is 1. The summed E-state index contributed by atoms with van der Waals surface area (Å²) in [6, 6.07) is 0.507. The first-order valence-electron chi connectivity index (χ1n) is 8.22. The van der Waals surface area contributed by atoms with Gasteiger partial charge in [-0.3, -0.25) is 9.69 Å². The van der Waals surface area contributed by atoms with Crippen LogP contribution in [0, 0.1) is 11.8 Å². The first kappa shape index (κ1) is 15.8. The standard InChI is InChI=1S/C16H30N2O2/c1-4-9-17-16(15(19)20,14-7-8-14)11-18-10-12(2)5-6-13(18)3/h12-14,17H,4-11H2,1-3H3,(H,19,20). The lowest BCUT2D eigenvalue weighted by Crippen LogP contribution is -2.63. The normalized spacial score (nSPS) is 30.9. The van der Waals surface area contributed by atoms with E-state index in [0.29, 0.717) is 24.4 Å². The number of nitrogens with one attached hydrogen (secondary N) is 1. The van der Waals surface area contributed by atoms with Crippen LogP contribution < -0.4 is 5.32 Å². The van der Waals surface area contributed by atoms with Crippen LogP contribution in [0.25, 0.3) is 0 Å². The van der Waals surface area contributed by atoms with Gasteiger partial charge in [-0.25, -0.2) is 0 Å². The molecule has 20 heavy (non-hydrogen) atoms. The molecule has 2 aliphatic rings. The second-order valence-electron chi connectivity index (χ2n) is 6.94. The Bertz CT molecular complexity index is 343. The lowest BCUT2D eigenvalue weighted by atomic mass is 9.88. The van der Waals surface area contributed by atoms with Crippen molar-refractivity contribution in [3.05, 3.63) is 0 Å². The highest BCUT2D eigenvalue weighted by Crippen LogP contribution is 2.41. The highest BCUT2D eigenvalue weighted by atomic mass is 16.4. The maximum Gasteiger partial charge on any atom is 0.325 e. The van der Waals surface area contributed by atoms with Crippen molar-refractivity contribution in [2.45, 2.75) is 64.5 Å². The van der Waals surface area contributed by atoms with Crippen LogP contribution in [0.4, 0.5) is 0 Å². The molecule has 0 spiro atoms. The SMILES string of the molecule is CCCNC(CN1CC(C)CCC1C)(C(=O)O)C1CC1. The molecular formula is C16H30N2O2. The third-order valence-corrected chi connectivity index (χ3v) is 5.05. The Hall–Kier alpha value is -0.610. The number of piperidine rings is 1. The third kappa shape index (κ3) is 3.34. The van der Waals surface area contributed by atoms with Crippen molar-refractivity contribution >= 4 is 5.97 Å². The summed E-state index contributed by atoms with van der Waals surface area (Å²) in [6.45, 7) is 9.11. The van der Waals surface area contributed by atoms with Gasteiger partial charge in [-0.05, 0) is 57.4 Å². The molecule has 0 bridgehead atoms. The number of carboxylic acids is 1. The van der Waals surface area contributed by atoms with E-state index < -0.39 is 11.5 Å². The molecule has 3 atom stereocenters. The first-order chi connectivity index (χ1) is 9.49. The maximum absolute atomic E-state index is 12.0. The summed E-state index contributed by atoms with van der Waals surface area (Å²) in [7, 11) is 0. The second kappa shape index (κ2) is 6.44. The van der Waals surface area contributed by atoms with Crippen molar-refractivity contribution in [1.82, 2.24) is 10.2 Å². The lowest BCUT2D eigenvalue weighted by molar-refractivity contribution is -0.147. The molecule has 0 radical (unpaired) electrons. The van der Waals surface area contributed by atoms with Crippen LogP contribution >= 0.6 is 0 Å². The van der Waals surface area contributed by atoms with Crippen LogP contribution in [0.2, 0.25) is 0 Å². The van der Waals surface area contributed by atoms with Gasteiger partial charge >= 0.3 is 5.97 Å². The molecule has 1 heterocycles. The van der Waals surface area contributed by atoms with Gasteiger partial charge in [0.1, 0.15) is 5.54 Å². The Morgan fingerprint density at radius 2 is 2.00 bits per heavy atom. The molecule has 1 saturated carbocycles. The Balaban J connectivity index is 2.11. The van der Waals surface area contributed by atoms with E-state index in [-0.39, 0.29) is 0 Å². The zero-order valence-corrected chi connectivity index (χ0v) is 13.2. The fourth-order valence-corrected chi connectivity index (χ4v) is 3.49. The molecule has 1 saturated heterocycles. The molecule has 4 heteroatoms. The Morgan fingerprint density at radius 1 is 1.30 bits per heavy atom. The van der Waals surface area contributed by atoms with Crippen molar-refractivity contribution < 1.29 is 9.90 Å². The van der Waals surface area contributed by atoms with E-state index in [1.807, 2.05) is 0 Å². The van der Waals surface area contributed by atoms with Gasteiger partial charge in [-0.1, -0.05) is 13.8 Å². The van der Waals surface area contributed by atoms with Crippen LogP contribution in [0.15, 0.2) is 0 Å². The highest BCUT2D eigenvalue weighted by molar-refractivity contribution is 5.80. The maximum atomic E-state index is 12.0. The molecule has 2 N–H and O–H groups in total. The predicted molar refractivity (Wildman–Crippen MR) is 80.8 cm³/mol. The van der Waals surface area contributed by atoms with Crippen LogP contribution in [0.1, 0.15) is 52.9 Å². The zero-order valence-electron chi connectivity index (χ0n) is 13.2. The number of carboxylic acid groups (broad SMARTS) is 1. The molecule has 0 amide bonds. The Kier molecular flexibility index (Phi) is 5.08. The van der Waals surface area contributed by atoms with Crippen LogP contribution in [0.3, 0.4) is 0 Å².